The van der Waals surface area contributed by atoms with E-state index in [0.717, 1.165) is 30.0 Å². The number of carbonyl (C=O) groups excluding carboxylic acids is 2. The minimum atomic E-state index is -3.34. The number of aliphatic imine (C=N–C) groups is 1. The van der Waals surface area contributed by atoms with Crippen LogP contribution < -0.4 is 21.3 Å². The molecule has 0 fully saturated rings. The predicted molar refractivity (Wildman–Crippen MR) is 196 cm³/mol. The van der Waals surface area contributed by atoms with E-state index in [1.54, 1.807) is 57.3 Å². The third-order valence-corrected chi connectivity index (χ3v) is 8.92. The number of rotatable bonds is 16. The number of hydrogen-bond acceptors (Lipinski definition) is 14. The smallest absolute Gasteiger partial charge is 0.460 e. The fourth-order valence-electron chi connectivity index (χ4n) is 5.45. The Balaban J connectivity index is 1.99. The molecule has 0 saturated heterocycles. The molecular weight excluding hydrogens is 748 g/mol. The monoisotopic (exact) mass is 784 g/mol. The van der Waals surface area contributed by atoms with Crippen LogP contribution in [0.2, 0.25) is 0 Å². The van der Waals surface area contributed by atoms with Crippen LogP contribution in [0.3, 0.4) is 0 Å². The van der Waals surface area contributed by atoms with Gasteiger partial charge in [-0.05, 0) is 52.8 Å². The second-order valence-electron chi connectivity index (χ2n) is 13.0. The van der Waals surface area contributed by atoms with Crippen molar-refractivity contribution < 1.29 is 44.2 Å². The topological polar surface area (TPSA) is 326 Å². The highest BCUT2D eigenvalue weighted by Gasteiger charge is 2.69. The van der Waals surface area contributed by atoms with Crippen LogP contribution in [0.25, 0.3) is 5.70 Å². The van der Waals surface area contributed by atoms with Crippen LogP contribution in [0.15, 0.2) is 59.3 Å². The molecule has 55 heavy (non-hydrogen) atoms. The van der Waals surface area contributed by atoms with Gasteiger partial charge in [0.15, 0.2) is 0 Å². The fraction of sp³-hybridized carbons (Fsp3) is 0.375. The summed E-state index contributed by atoms with van der Waals surface area (Å²) in [5, 5.41) is 76.2. The average molecular weight is 785 g/mol. The minimum Gasteiger partial charge on any atom is -0.480 e. The van der Waals surface area contributed by atoms with Crippen molar-refractivity contribution in [2.45, 2.75) is 51.4 Å². The Bertz CT molecular complexity index is 1980. The summed E-state index contributed by atoms with van der Waals surface area (Å²) in [5.41, 5.74) is -6.16. The van der Waals surface area contributed by atoms with Crippen LogP contribution in [-0.4, -0.2) is 90.2 Å². The highest BCUT2D eigenvalue weighted by atomic mass is 32.2. The van der Waals surface area contributed by atoms with Crippen molar-refractivity contribution in [2.24, 2.45) is 10.4 Å². The van der Waals surface area contributed by atoms with Crippen molar-refractivity contribution in [1.29, 1.82) is 5.26 Å². The minimum absolute atomic E-state index is 0.0284. The van der Waals surface area contributed by atoms with Crippen molar-refractivity contribution in [3.8, 4) is 6.19 Å². The molecule has 3 unspecified atom stereocenters. The Morgan fingerprint density at radius 3 is 2.09 bits per heavy atom. The molecule has 1 aliphatic rings. The molecule has 0 saturated carbocycles. The van der Waals surface area contributed by atoms with Gasteiger partial charge in [0.25, 0.3) is 0 Å². The quantitative estimate of drug-likeness (QED) is 0.0355. The highest BCUT2D eigenvalue weighted by Crippen LogP contribution is 2.44. The lowest BCUT2D eigenvalue weighted by molar-refractivity contribution is -0.603. The van der Waals surface area contributed by atoms with E-state index in [-0.39, 0.29) is 34.5 Å². The molecule has 2 aromatic rings. The molecule has 22 nitrogen and oxygen atoms in total. The molecule has 0 aromatic heterocycles. The van der Waals surface area contributed by atoms with E-state index in [1.165, 1.54) is 0 Å². The normalized spacial score (nSPS) is 16.4. The van der Waals surface area contributed by atoms with Crippen molar-refractivity contribution in [3.63, 3.8) is 0 Å². The second-order valence-corrected chi connectivity index (χ2v) is 14.2. The summed E-state index contributed by atoms with van der Waals surface area (Å²) in [6, 6.07) is 7.98. The van der Waals surface area contributed by atoms with Gasteiger partial charge >= 0.3 is 35.0 Å². The van der Waals surface area contributed by atoms with Crippen LogP contribution in [-0.2, 0) is 24.8 Å². The van der Waals surface area contributed by atoms with E-state index >= 15 is 0 Å². The first-order valence-corrected chi connectivity index (χ1v) is 17.2. The molecular formula is C32H36N10O12S. The van der Waals surface area contributed by atoms with Gasteiger partial charge in [0, 0.05) is 23.5 Å². The summed E-state index contributed by atoms with van der Waals surface area (Å²) >= 11 is 0.902. The van der Waals surface area contributed by atoms with Crippen LogP contribution in [0, 0.1) is 47.2 Å². The molecule has 3 atom stereocenters. The molecule has 2 aromatic carbocycles. The van der Waals surface area contributed by atoms with E-state index in [9.17, 15) is 65.0 Å². The highest BCUT2D eigenvalue weighted by molar-refractivity contribution is 7.99. The lowest BCUT2D eigenvalue weighted by Crippen LogP contribution is -2.64. The number of anilines is 2. The molecule has 0 aliphatic carbocycles. The van der Waals surface area contributed by atoms with Gasteiger partial charge in [0.1, 0.15) is 12.1 Å². The van der Waals surface area contributed by atoms with Crippen molar-refractivity contribution in [2.75, 3.05) is 29.2 Å². The maximum Gasteiger partial charge on any atom is 0.460 e. The lowest BCUT2D eigenvalue weighted by atomic mass is 9.86. The average Bonchev–Trinajstić information content (AvgIpc) is 3.07. The van der Waals surface area contributed by atoms with E-state index in [2.05, 4.69) is 20.9 Å². The largest absolute Gasteiger partial charge is 0.480 e. The number of fused-ring (bicyclic) bond motifs is 1. The van der Waals surface area contributed by atoms with Crippen molar-refractivity contribution in [3.05, 3.63) is 95.8 Å². The SMILES string of the molecule is CN1C([N+](=O)[O-])=C([N+](=O)[O-])c2cc(NC(=NC#N)Nc3ccccc3)ccc2C1(C(=O)NC(CCSCC(NC(=O)CC(C)(C)C)C(=O)O)C(=O)O)[N+](=O)[O-]. The molecule has 6 N–H and O–H groups in total. The standard InChI is InChI=1S/C32H36N10O12S/c1-31(2,3)15-24(43)37-23(28(46)47)16-55-13-12-22(27(44)45)38-29(48)32(42(53)54)21-11-10-19(36-30(34-17-33)35-18-8-6-5-7-9-18)14-20(21)25(40(49)50)26(39(32)4)41(51)52/h5-11,14,22-23H,12-13,15-16H2,1-4H3,(H,37,43)(H,38,48)(H,44,45)(H,46,47)(H2,34,35,36). The zero-order valence-corrected chi connectivity index (χ0v) is 30.5. The molecule has 0 bridgehead atoms. The van der Waals surface area contributed by atoms with Crippen molar-refractivity contribution in [1.82, 2.24) is 15.5 Å². The number of guanidine groups is 1. The first kappa shape index (κ1) is 42.6. The van der Waals surface area contributed by atoms with Gasteiger partial charge in [-0.2, -0.15) is 21.9 Å². The maximum atomic E-state index is 14.0. The molecule has 292 valence electrons. The van der Waals surface area contributed by atoms with Gasteiger partial charge in [0.2, 0.25) is 18.1 Å². The Labute approximate surface area is 316 Å². The summed E-state index contributed by atoms with van der Waals surface area (Å²) in [6.07, 6.45) is 1.15. The van der Waals surface area contributed by atoms with Gasteiger partial charge in [-0.3, -0.25) is 29.8 Å². The third-order valence-electron chi connectivity index (χ3n) is 7.83. The number of carboxylic acids is 2. The van der Waals surface area contributed by atoms with E-state index in [1.807, 2.05) is 5.32 Å². The number of nitrogens with zero attached hydrogens (tertiary/aromatic N) is 6. The number of hydrogen-bond donors (Lipinski definition) is 6. The number of nitrogens with one attached hydrogen (secondary N) is 4. The number of benzene rings is 2. The molecule has 3 rings (SSSR count). The number of carbonyl (C=O) groups is 4. The molecule has 1 aliphatic heterocycles. The second kappa shape index (κ2) is 17.8. The summed E-state index contributed by atoms with van der Waals surface area (Å²) in [6.45, 7) is 5.34. The Hall–Kier alpha value is -6.83. The van der Waals surface area contributed by atoms with E-state index in [4.69, 9.17) is 0 Å². The Kier molecular flexibility index (Phi) is 13.8. The number of nitriles is 1. The van der Waals surface area contributed by atoms with E-state index in [0.29, 0.717) is 12.7 Å². The van der Waals surface area contributed by atoms with Crippen LogP contribution in [0.5, 0.6) is 0 Å². The van der Waals surface area contributed by atoms with Gasteiger partial charge < -0.3 is 41.6 Å². The third kappa shape index (κ3) is 10.2. The number of aliphatic carboxylic acids is 2. The lowest BCUT2D eigenvalue weighted by Gasteiger charge is -2.33. The number of carboxylic acid groups (broad SMARTS) is 2. The first-order valence-electron chi connectivity index (χ1n) is 16.0. The molecule has 2 amide bonds. The first-order chi connectivity index (χ1) is 25.7. The number of likely N-dealkylation sites (N-methyl/N-ethyl adjacent to an activating group) is 1. The summed E-state index contributed by atoms with van der Waals surface area (Å²) in [4.78, 5) is 88.0. The van der Waals surface area contributed by atoms with Crippen LogP contribution in [0.4, 0.5) is 11.4 Å². The number of para-hydroxylation sites is 1. The zero-order chi connectivity index (χ0) is 41.2. The molecule has 0 radical (unpaired) electrons. The number of thioether (sulfide) groups is 1. The summed E-state index contributed by atoms with van der Waals surface area (Å²) in [5.74, 6) is -7.29. The molecule has 23 heteroatoms. The molecule has 1 heterocycles. The van der Waals surface area contributed by atoms with Crippen LogP contribution in [0.1, 0.15) is 44.7 Å². The zero-order valence-electron chi connectivity index (χ0n) is 29.7. The predicted octanol–water partition coefficient (Wildman–Crippen LogP) is 2.30. The maximum absolute atomic E-state index is 14.0. The van der Waals surface area contributed by atoms with Crippen molar-refractivity contribution >= 4 is 58.5 Å². The van der Waals surface area contributed by atoms with Gasteiger partial charge in [-0.15, -0.1) is 4.99 Å². The van der Waals surface area contributed by atoms with E-state index < -0.39 is 90.8 Å². The van der Waals surface area contributed by atoms with Gasteiger partial charge in [-0.25, -0.2) is 9.59 Å². The molecule has 0 spiro atoms. The summed E-state index contributed by atoms with van der Waals surface area (Å²) < 4.78 is 0. The van der Waals surface area contributed by atoms with Gasteiger partial charge in [-0.1, -0.05) is 39.0 Å². The Morgan fingerprint density at radius 2 is 1.56 bits per heavy atom. The fourth-order valence-corrected chi connectivity index (χ4v) is 6.49. The number of nitro groups is 3. The number of amides is 2. The van der Waals surface area contributed by atoms with Crippen LogP contribution >= 0.6 is 11.8 Å². The Morgan fingerprint density at radius 1 is 0.945 bits per heavy atom. The van der Waals surface area contributed by atoms with Gasteiger partial charge in [0.05, 0.1) is 28.0 Å². The summed E-state index contributed by atoms with van der Waals surface area (Å²) in [7, 11) is 0.701.